The van der Waals surface area contributed by atoms with E-state index in [1.54, 1.807) is 12.1 Å². The predicted octanol–water partition coefficient (Wildman–Crippen LogP) is 5.61. The molecule has 4 aromatic rings. The summed E-state index contributed by atoms with van der Waals surface area (Å²) in [5.41, 5.74) is 4.41. The normalized spacial score (nSPS) is 10.6. The van der Waals surface area contributed by atoms with Gasteiger partial charge < -0.3 is 9.88 Å². The summed E-state index contributed by atoms with van der Waals surface area (Å²) < 4.78 is 2.04. The zero-order chi connectivity index (χ0) is 21.1. The smallest absolute Gasteiger partial charge is 0.271 e. The molecule has 0 bridgehead atoms. The van der Waals surface area contributed by atoms with Crippen LogP contribution in [-0.4, -0.2) is 15.4 Å². The molecule has 0 aliphatic heterocycles. The number of benzene rings is 3. The molecule has 0 radical (unpaired) electrons. The van der Waals surface area contributed by atoms with Crippen LogP contribution in [0.4, 0.5) is 11.4 Å². The van der Waals surface area contributed by atoms with Crippen LogP contribution in [0.1, 0.15) is 16.1 Å². The number of carbonyl (C=O) groups excluding carboxylic acids is 1. The molecule has 1 heterocycles. The maximum Gasteiger partial charge on any atom is 0.271 e. The summed E-state index contributed by atoms with van der Waals surface area (Å²) in [7, 11) is 0. The van der Waals surface area contributed by atoms with Crippen LogP contribution in [0, 0.1) is 17.0 Å². The third kappa shape index (κ3) is 3.71. The first-order valence-corrected chi connectivity index (χ1v) is 9.43. The highest BCUT2D eigenvalue weighted by Crippen LogP contribution is 2.30. The Morgan fingerprint density at radius 3 is 2.23 bits per heavy atom. The average molecular weight is 397 g/mol. The molecule has 3 aromatic carbocycles. The van der Waals surface area contributed by atoms with Gasteiger partial charge in [0.15, 0.2) is 0 Å². The maximum atomic E-state index is 13.0. The van der Waals surface area contributed by atoms with E-state index in [1.165, 1.54) is 12.1 Å². The first kappa shape index (κ1) is 19.1. The number of carbonyl (C=O) groups is 1. The largest absolute Gasteiger partial charge is 0.322 e. The van der Waals surface area contributed by atoms with Crippen molar-refractivity contribution >= 4 is 17.3 Å². The van der Waals surface area contributed by atoms with E-state index in [2.05, 4.69) is 5.32 Å². The van der Waals surface area contributed by atoms with Gasteiger partial charge in [0.25, 0.3) is 11.6 Å². The van der Waals surface area contributed by atoms with Gasteiger partial charge in [-0.2, -0.15) is 0 Å². The molecule has 0 aliphatic rings. The fraction of sp³-hybridized carbons (Fsp3) is 0.0417. The predicted molar refractivity (Wildman–Crippen MR) is 117 cm³/mol. The summed E-state index contributed by atoms with van der Waals surface area (Å²) in [5.74, 6) is -0.320. The Morgan fingerprint density at radius 2 is 1.57 bits per heavy atom. The molecule has 4 rings (SSSR count). The van der Waals surface area contributed by atoms with E-state index in [-0.39, 0.29) is 11.6 Å². The molecule has 1 N–H and O–H groups in total. The Kier molecular flexibility index (Phi) is 5.13. The van der Waals surface area contributed by atoms with Crippen molar-refractivity contribution in [2.75, 3.05) is 5.32 Å². The monoisotopic (exact) mass is 397 g/mol. The number of non-ortho nitro benzene ring substituents is 1. The lowest BCUT2D eigenvalue weighted by atomic mass is 10.1. The molecule has 0 aliphatic carbocycles. The number of para-hydroxylation sites is 1. The summed E-state index contributed by atoms with van der Waals surface area (Å²) in [5, 5.41) is 13.8. The summed E-state index contributed by atoms with van der Waals surface area (Å²) >= 11 is 0. The maximum absolute atomic E-state index is 13.0. The molecular formula is C24H19N3O3. The summed E-state index contributed by atoms with van der Waals surface area (Å²) in [6, 6.07) is 27.4. The zero-order valence-corrected chi connectivity index (χ0v) is 16.3. The van der Waals surface area contributed by atoms with Gasteiger partial charge in [0, 0.05) is 29.2 Å². The summed E-state index contributed by atoms with van der Waals surface area (Å²) in [4.78, 5) is 23.6. The van der Waals surface area contributed by atoms with E-state index in [1.807, 2.05) is 78.2 Å². The molecule has 0 fully saturated rings. The van der Waals surface area contributed by atoms with Crippen molar-refractivity contribution in [3.63, 3.8) is 0 Å². The minimum atomic E-state index is -0.486. The van der Waals surface area contributed by atoms with Gasteiger partial charge >= 0.3 is 0 Å². The van der Waals surface area contributed by atoms with Crippen LogP contribution < -0.4 is 5.32 Å². The number of hydrogen-bond acceptors (Lipinski definition) is 3. The lowest BCUT2D eigenvalue weighted by Gasteiger charge is -2.12. The third-order valence-corrected chi connectivity index (χ3v) is 4.89. The van der Waals surface area contributed by atoms with Gasteiger partial charge in [0.1, 0.15) is 0 Å². The van der Waals surface area contributed by atoms with Crippen LogP contribution in [0.2, 0.25) is 0 Å². The number of rotatable bonds is 5. The Balaban J connectivity index is 1.77. The SMILES string of the molecule is Cc1c(C(=O)Nc2cccc([N+](=O)[O-])c2)cc(-c2ccccc2)n1-c1ccccc1. The Morgan fingerprint density at radius 1 is 0.900 bits per heavy atom. The van der Waals surface area contributed by atoms with E-state index in [0.29, 0.717) is 11.3 Å². The van der Waals surface area contributed by atoms with Gasteiger partial charge in [0.2, 0.25) is 0 Å². The van der Waals surface area contributed by atoms with Crippen molar-refractivity contribution in [2.45, 2.75) is 6.92 Å². The molecule has 1 amide bonds. The van der Waals surface area contributed by atoms with Crippen LogP contribution in [0.5, 0.6) is 0 Å². The van der Waals surface area contributed by atoms with E-state index in [9.17, 15) is 14.9 Å². The fourth-order valence-electron chi connectivity index (χ4n) is 3.46. The van der Waals surface area contributed by atoms with Crippen LogP contribution >= 0.6 is 0 Å². The molecule has 0 unspecified atom stereocenters. The van der Waals surface area contributed by atoms with Gasteiger partial charge in [-0.25, -0.2) is 0 Å². The first-order chi connectivity index (χ1) is 14.5. The Labute approximate surface area is 173 Å². The molecule has 0 atom stereocenters. The van der Waals surface area contributed by atoms with Gasteiger partial charge in [-0.05, 0) is 36.8 Å². The lowest BCUT2D eigenvalue weighted by molar-refractivity contribution is -0.384. The van der Waals surface area contributed by atoms with E-state index < -0.39 is 4.92 Å². The second kappa shape index (κ2) is 8.05. The zero-order valence-electron chi connectivity index (χ0n) is 16.3. The number of anilines is 1. The molecule has 0 saturated carbocycles. The number of hydrogen-bond donors (Lipinski definition) is 1. The van der Waals surface area contributed by atoms with Crippen molar-refractivity contribution in [2.24, 2.45) is 0 Å². The topological polar surface area (TPSA) is 77.2 Å². The number of nitrogens with zero attached hydrogens (tertiary/aromatic N) is 2. The van der Waals surface area contributed by atoms with E-state index >= 15 is 0 Å². The number of amides is 1. The van der Waals surface area contributed by atoms with Crippen molar-refractivity contribution in [3.8, 4) is 16.9 Å². The second-order valence-corrected chi connectivity index (χ2v) is 6.83. The molecule has 6 nitrogen and oxygen atoms in total. The van der Waals surface area contributed by atoms with Crippen molar-refractivity contribution in [3.05, 3.63) is 112 Å². The molecule has 6 heteroatoms. The molecule has 0 spiro atoms. The molecule has 1 aromatic heterocycles. The number of nitro groups is 1. The minimum Gasteiger partial charge on any atom is -0.322 e. The average Bonchev–Trinajstić information content (AvgIpc) is 3.12. The second-order valence-electron chi connectivity index (χ2n) is 6.83. The highest BCUT2D eigenvalue weighted by atomic mass is 16.6. The standard InChI is InChI=1S/C24H19N3O3/c1-17-22(24(28)25-19-11-8-14-21(15-19)27(29)30)16-23(18-9-4-2-5-10-18)26(17)20-12-6-3-7-13-20/h2-16H,1H3,(H,25,28). The minimum absolute atomic E-state index is 0.0728. The molecule has 30 heavy (non-hydrogen) atoms. The Bertz CT molecular complexity index is 1220. The van der Waals surface area contributed by atoms with E-state index in [0.717, 1.165) is 22.6 Å². The van der Waals surface area contributed by atoms with Gasteiger partial charge in [0.05, 0.1) is 16.2 Å². The first-order valence-electron chi connectivity index (χ1n) is 9.43. The highest BCUT2D eigenvalue weighted by Gasteiger charge is 2.20. The molecule has 0 saturated heterocycles. The van der Waals surface area contributed by atoms with Crippen molar-refractivity contribution in [1.29, 1.82) is 0 Å². The van der Waals surface area contributed by atoms with Gasteiger partial charge in [-0.15, -0.1) is 0 Å². The van der Waals surface area contributed by atoms with E-state index in [4.69, 9.17) is 0 Å². The number of nitrogens with one attached hydrogen (secondary N) is 1. The van der Waals surface area contributed by atoms with Crippen LogP contribution in [0.25, 0.3) is 16.9 Å². The van der Waals surface area contributed by atoms with Crippen molar-refractivity contribution in [1.82, 2.24) is 4.57 Å². The fourth-order valence-corrected chi connectivity index (χ4v) is 3.46. The highest BCUT2D eigenvalue weighted by molar-refractivity contribution is 6.06. The van der Waals surface area contributed by atoms with Gasteiger partial charge in [-0.1, -0.05) is 54.6 Å². The van der Waals surface area contributed by atoms with Crippen LogP contribution in [-0.2, 0) is 0 Å². The number of aromatic nitrogens is 1. The molecular weight excluding hydrogens is 378 g/mol. The Hall–Kier alpha value is -4.19. The molecule has 148 valence electrons. The summed E-state index contributed by atoms with van der Waals surface area (Å²) in [6.07, 6.45) is 0. The van der Waals surface area contributed by atoms with Crippen LogP contribution in [0.3, 0.4) is 0 Å². The lowest BCUT2D eigenvalue weighted by Crippen LogP contribution is -2.13. The number of nitro benzene ring substituents is 1. The van der Waals surface area contributed by atoms with Crippen molar-refractivity contribution < 1.29 is 9.72 Å². The summed E-state index contributed by atoms with van der Waals surface area (Å²) in [6.45, 7) is 1.89. The van der Waals surface area contributed by atoms with Gasteiger partial charge in [-0.3, -0.25) is 14.9 Å². The van der Waals surface area contributed by atoms with Crippen LogP contribution in [0.15, 0.2) is 91.0 Å². The third-order valence-electron chi connectivity index (χ3n) is 4.89. The quantitative estimate of drug-likeness (QED) is 0.351.